The second-order valence-electron chi connectivity index (χ2n) is 5.81. The van der Waals surface area contributed by atoms with Crippen molar-refractivity contribution < 1.29 is 4.74 Å². The van der Waals surface area contributed by atoms with Crippen LogP contribution in [0.4, 0.5) is 0 Å². The largest absolute Gasteiger partial charge is 0.377 e. The first kappa shape index (κ1) is 14.3. The molecule has 2 atom stereocenters. The van der Waals surface area contributed by atoms with Gasteiger partial charge in [0.2, 0.25) is 0 Å². The van der Waals surface area contributed by atoms with Crippen LogP contribution in [0.2, 0.25) is 0 Å². The first-order valence-corrected chi connectivity index (χ1v) is 7.96. The van der Waals surface area contributed by atoms with Crippen molar-refractivity contribution in [2.45, 2.75) is 64.0 Å². The topological polar surface area (TPSA) is 24.5 Å². The maximum absolute atomic E-state index is 5.63. The van der Waals surface area contributed by atoms with Gasteiger partial charge in [0.25, 0.3) is 0 Å². The predicted molar refractivity (Wildman–Crippen MR) is 76.0 cm³/mol. The van der Waals surface area contributed by atoms with Crippen LogP contribution in [0.5, 0.6) is 0 Å². The van der Waals surface area contributed by atoms with Crippen LogP contribution in [0.15, 0.2) is 0 Å². The van der Waals surface area contributed by atoms with E-state index in [2.05, 4.69) is 17.1 Å². The molecule has 1 N–H and O–H groups in total. The Morgan fingerprint density at radius 2 is 2.17 bits per heavy atom. The molecule has 2 aliphatic rings. The molecule has 2 rings (SSSR count). The lowest BCUT2D eigenvalue weighted by molar-refractivity contribution is 0.105. The third-order valence-electron chi connectivity index (χ3n) is 4.34. The predicted octanol–water partition coefficient (Wildman–Crippen LogP) is 2.41. The number of hydrogen-bond acceptors (Lipinski definition) is 3. The Labute approximate surface area is 112 Å². The van der Waals surface area contributed by atoms with Crippen molar-refractivity contribution in [3.8, 4) is 0 Å². The molecule has 106 valence electrons. The smallest absolute Gasteiger partial charge is 0.0700 e. The van der Waals surface area contributed by atoms with Crippen LogP contribution in [0.1, 0.15) is 51.9 Å². The van der Waals surface area contributed by atoms with E-state index in [1.165, 1.54) is 58.0 Å². The minimum atomic E-state index is 0.484. The third-order valence-corrected chi connectivity index (χ3v) is 4.34. The highest BCUT2D eigenvalue weighted by Crippen LogP contribution is 2.20. The van der Waals surface area contributed by atoms with Crippen molar-refractivity contribution in [1.82, 2.24) is 10.2 Å². The molecule has 0 aliphatic carbocycles. The van der Waals surface area contributed by atoms with Gasteiger partial charge in [-0.05, 0) is 38.6 Å². The zero-order valence-corrected chi connectivity index (χ0v) is 12.0. The molecule has 2 heterocycles. The van der Waals surface area contributed by atoms with Crippen LogP contribution in [-0.4, -0.2) is 49.8 Å². The lowest BCUT2D eigenvalue weighted by atomic mass is 9.98. The van der Waals surface area contributed by atoms with Crippen LogP contribution in [0.25, 0.3) is 0 Å². The van der Waals surface area contributed by atoms with Crippen molar-refractivity contribution in [2.75, 3.05) is 32.8 Å². The molecule has 0 saturated carbocycles. The first-order chi connectivity index (χ1) is 8.90. The Hall–Kier alpha value is -0.120. The summed E-state index contributed by atoms with van der Waals surface area (Å²) in [7, 11) is 0. The quantitative estimate of drug-likeness (QED) is 0.706. The average molecular weight is 254 g/mol. The lowest BCUT2D eigenvalue weighted by Crippen LogP contribution is -2.43. The summed E-state index contributed by atoms with van der Waals surface area (Å²) in [6.45, 7) is 7.98. The number of nitrogens with zero attached hydrogens (tertiary/aromatic N) is 1. The number of rotatable bonds is 7. The molecular weight excluding hydrogens is 224 g/mol. The molecule has 18 heavy (non-hydrogen) atoms. The maximum atomic E-state index is 5.63. The van der Waals surface area contributed by atoms with Crippen molar-refractivity contribution in [2.24, 2.45) is 0 Å². The second kappa shape index (κ2) is 8.13. The summed E-state index contributed by atoms with van der Waals surface area (Å²) in [5.74, 6) is 0. The molecule has 0 bridgehead atoms. The van der Waals surface area contributed by atoms with Gasteiger partial charge in [-0.15, -0.1) is 0 Å². The summed E-state index contributed by atoms with van der Waals surface area (Å²) in [6, 6.07) is 0.855. The van der Waals surface area contributed by atoms with E-state index >= 15 is 0 Å². The van der Waals surface area contributed by atoms with Gasteiger partial charge in [0.15, 0.2) is 0 Å². The van der Waals surface area contributed by atoms with E-state index in [-0.39, 0.29) is 0 Å². The molecular formula is C15H30N2O. The van der Waals surface area contributed by atoms with E-state index in [0.717, 1.165) is 25.7 Å². The highest BCUT2D eigenvalue weighted by Gasteiger charge is 2.21. The third kappa shape index (κ3) is 4.52. The minimum absolute atomic E-state index is 0.484. The van der Waals surface area contributed by atoms with Crippen molar-refractivity contribution >= 4 is 0 Å². The van der Waals surface area contributed by atoms with E-state index in [4.69, 9.17) is 4.74 Å². The van der Waals surface area contributed by atoms with E-state index in [9.17, 15) is 0 Å². The van der Waals surface area contributed by atoms with Crippen molar-refractivity contribution in [3.63, 3.8) is 0 Å². The Morgan fingerprint density at radius 1 is 1.22 bits per heavy atom. The summed E-state index contributed by atoms with van der Waals surface area (Å²) < 4.78 is 5.63. The van der Waals surface area contributed by atoms with Crippen LogP contribution in [0, 0.1) is 0 Å². The summed E-state index contributed by atoms with van der Waals surface area (Å²) in [5, 5.41) is 3.57. The summed E-state index contributed by atoms with van der Waals surface area (Å²) in [5.41, 5.74) is 0. The molecule has 3 nitrogen and oxygen atoms in total. The number of likely N-dealkylation sites (tertiary alicyclic amines) is 1. The molecule has 3 heteroatoms. The SMILES string of the molecule is CCCC1CCCCN1CCNCC1CCCO1. The Kier molecular flexibility index (Phi) is 6.46. The highest BCUT2D eigenvalue weighted by molar-refractivity contribution is 4.77. The van der Waals surface area contributed by atoms with Gasteiger partial charge < -0.3 is 10.1 Å². The van der Waals surface area contributed by atoms with Gasteiger partial charge in [-0.2, -0.15) is 0 Å². The number of nitrogens with one attached hydrogen (secondary N) is 1. The zero-order chi connectivity index (χ0) is 12.6. The molecule has 0 aromatic rings. The first-order valence-electron chi connectivity index (χ1n) is 7.96. The van der Waals surface area contributed by atoms with Gasteiger partial charge in [-0.25, -0.2) is 0 Å². The number of piperidine rings is 1. The molecule has 0 radical (unpaired) electrons. The normalized spacial score (nSPS) is 29.8. The summed E-state index contributed by atoms with van der Waals surface area (Å²) in [4.78, 5) is 2.70. The molecule has 2 saturated heterocycles. The van der Waals surface area contributed by atoms with Gasteiger partial charge >= 0.3 is 0 Å². The average Bonchev–Trinajstić information content (AvgIpc) is 2.90. The molecule has 2 fully saturated rings. The van der Waals surface area contributed by atoms with Gasteiger partial charge in [-0.3, -0.25) is 4.90 Å². The Morgan fingerprint density at radius 3 is 2.94 bits per heavy atom. The van der Waals surface area contributed by atoms with E-state index < -0.39 is 0 Å². The maximum Gasteiger partial charge on any atom is 0.0700 e. The van der Waals surface area contributed by atoms with Gasteiger partial charge in [0.1, 0.15) is 0 Å². The fourth-order valence-electron chi connectivity index (χ4n) is 3.31. The Balaban J connectivity index is 1.58. The standard InChI is InChI=1S/C15H30N2O/c1-2-6-14-7-3-4-10-17(14)11-9-16-13-15-8-5-12-18-15/h14-16H,2-13H2,1H3. The summed E-state index contributed by atoms with van der Waals surface area (Å²) in [6.07, 6.45) is 9.93. The van der Waals surface area contributed by atoms with E-state index in [1.807, 2.05) is 0 Å². The van der Waals surface area contributed by atoms with Crippen LogP contribution < -0.4 is 5.32 Å². The van der Waals surface area contributed by atoms with Gasteiger partial charge in [0, 0.05) is 32.3 Å². The minimum Gasteiger partial charge on any atom is -0.377 e. The second-order valence-corrected chi connectivity index (χ2v) is 5.81. The molecule has 0 spiro atoms. The number of hydrogen-bond donors (Lipinski definition) is 1. The van der Waals surface area contributed by atoms with Gasteiger partial charge in [-0.1, -0.05) is 19.8 Å². The summed E-state index contributed by atoms with van der Waals surface area (Å²) >= 11 is 0. The highest BCUT2D eigenvalue weighted by atomic mass is 16.5. The van der Waals surface area contributed by atoms with Crippen molar-refractivity contribution in [1.29, 1.82) is 0 Å². The lowest BCUT2D eigenvalue weighted by Gasteiger charge is -2.35. The molecule has 2 unspecified atom stereocenters. The van der Waals surface area contributed by atoms with Crippen molar-refractivity contribution in [3.05, 3.63) is 0 Å². The van der Waals surface area contributed by atoms with Crippen LogP contribution in [0.3, 0.4) is 0 Å². The fourth-order valence-corrected chi connectivity index (χ4v) is 3.31. The molecule has 2 aliphatic heterocycles. The number of ether oxygens (including phenoxy) is 1. The Bertz CT molecular complexity index is 215. The van der Waals surface area contributed by atoms with E-state index in [0.29, 0.717) is 6.10 Å². The van der Waals surface area contributed by atoms with Gasteiger partial charge in [0.05, 0.1) is 6.10 Å². The van der Waals surface area contributed by atoms with Crippen LogP contribution >= 0.6 is 0 Å². The molecule has 0 aromatic heterocycles. The van der Waals surface area contributed by atoms with Crippen LogP contribution in [-0.2, 0) is 4.74 Å². The fraction of sp³-hybridized carbons (Fsp3) is 1.00. The molecule has 0 amide bonds. The van der Waals surface area contributed by atoms with E-state index in [1.54, 1.807) is 0 Å². The zero-order valence-electron chi connectivity index (χ0n) is 12.0. The molecule has 0 aromatic carbocycles. The monoisotopic (exact) mass is 254 g/mol.